The molecule has 0 unspecified atom stereocenters. The van der Waals surface area contributed by atoms with Gasteiger partial charge in [-0.25, -0.2) is 9.97 Å². The summed E-state index contributed by atoms with van der Waals surface area (Å²) in [7, 11) is 0. The number of hydrogen-bond acceptors (Lipinski definition) is 4. The van der Waals surface area contributed by atoms with Crippen molar-refractivity contribution in [3.63, 3.8) is 0 Å². The molecule has 2 N–H and O–H groups in total. The number of rotatable bonds is 5. The third-order valence-corrected chi connectivity index (χ3v) is 3.30. The van der Waals surface area contributed by atoms with E-state index in [-0.39, 0.29) is 5.91 Å². The topological polar surface area (TPSA) is 66.9 Å². The molecule has 0 aliphatic carbocycles. The first-order chi connectivity index (χ1) is 11.7. The lowest BCUT2D eigenvalue weighted by Gasteiger charge is -2.08. The third-order valence-electron chi connectivity index (χ3n) is 3.30. The van der Waals surface area contributed by atoms with Crippen LogP contribution in [0.25, 0.3) is 11.3 Å². The zero-order valence-electron chi connectivity index (χ0n) is 12.9. The Hall–Kier alpha value is -3.47. The van der Waals surface area contributed by atoms with Crippen LogP contribution in [0.3, 0.4) is 0 Å². The maximum absolute atomic E-state index is 11.4. The summed E-state index contributed by atoms with van der Waals surface area (Å²) in [6.45, 7) is 3.45. The van der Waals surface area contributed by atoms with Crippen molar-refractivity contribution in [1.29, 1.82) is 0 Å². The lowest BCUT2D eigenvalue weighted by atomic mass is 10.1. The van der Waals surface area contributed by atoms with E-state index in [4.69, 9.17) is 0 Å². The number of carbonyl (C=O) groups excluding carboxylic acids is 1. The number of amides is 1. The highest BCUT2D eigenvalue weighted by Crippen LogP contribution is 2.22. The van der Waals surface area contributed by atoms with Crippen molar-refractivity contribution in [2.75, 3.05) is 10.6 Å². The van der Waals surface area contributed by atoms with E-state index in [9.17, 15) is 4.79 Å². The highest BCUT2D eigenvalue weighted by atomic mass is 16.1. The Morgan fingerprint density at radius 1 is 1.00 bits per heavy atom. The van der Waals surface area contributed by atoms with Crippen LogP contribution in [0.1, 0.15) is 0 Å². The number of hydrogen-bond donors (Lipinski definition) is 2. The molecule has 0 fully saturated rings. The fourth-order valence-corrected chi connectivity index (χ4v) is 2.18. The molecule has 1 amide bonds. The first-order valence-electron chi connectivity index (χ1n) is 7.43. The van der Waals surface area contributed by atoms with Crippen LogP contribution in [0, 0.1) is 0 Å². The molecular weight excluding hydrogens is 300 g/mol. The lowest BCUT2D eigenvalue weighted by Crippen LogP contribution is -2.07. The monoisotopic (exact) mass is 316 g/mol. The molecule has 0 aliphatic heterocycles. The van der Waals surface area contributed by atoms with Gasteiger partial charge in [-0.2, -0.15) is 0 Å². The van der Waals surface area contributed by atoms with Gasteiger partial charge >= 0.3 is 0 Å². The van der Waals surface area contributed by atoms with Gasteiger partial charge in [0.2, 0.25) is 11.9 Å². The molecule has 0 saturated heterocycles. The summed E-state index contributed by atoms with van der Waals surface area (Å²) in [6.07, 6.45) is 2.93. The number of para-hydroxylation sites is 1. The Kier molecular flexibility index (Phi) is 4.62. The normalized spacial score (nSPS) is 10.0. The van der Waals surface area contributed by atoms with Crippen molar-refractivity contribution in [1.82, 2.24) is 9.97 Å². The molecule has 3 aromatic rings. The van der Waals surface area contributed by atoms with Crippen LogP contribution in [0.15, 0.2) is 79.5 Å². The van der Waals surface area contributed by atoms with Crippen LogP contribution >= 0.6 is 0 Å². The second kappa shape index (κ2) is 7.19. The summed E-state index contributed by atoms with van der Waals surface area (Å²) in [4.78, 5) is 20.2. The van der Waals surface area contributed by atoms with Crippen molar-refractivity contribution >= 4 is 23.2 Å². The van der Waals surface area contributed by atoms with Crippen LogP contribution < -0.4 is 10.6 Å². The number of benzene rings is 2. The fraction of sp³-hybridized carbons (Fsp3) is 0. The van der Waals surface area contributed by atoms with Gasteiger partial charge in [0.1, 0.15) is 0 Å². The molecule has 5 nitrogen and oxygen atoms in total. The molecule has 0 atom stereocenters. The minimum Gasteiger partial charge on any atom is -0.324 e. The molecule has 0 radical (unpaired) electrons. The Morgan fingerprint density at radius 2 is 1.79 bits per heavy atom. The highest BCUT2D eigenvalue weighted by Gasteiger charge is 2.05. The van der Waals surface area contributed by atoms with Gasteiger partial charge in [0, 0.05) is 23.1 Å². The predicted molar refractivity (Wildman–Crippen MR) is 96.0 cm³/mol. The van der Waals surface area contributed by atoms with E-state index in [1.807, 2.05) is 60.7 Å². The maximum atomic E-state index is 11.4. The zero-order chi connectivity index (χ0) is 16.8. The maximum Gasteiger partial charge on any atom is 0.247 e. The van der Waals surface area contributed by atoms with E-state index < -0.39 is 0 Å². The Labute approximate surface area is 140 Å². The number of aromatic nitrogens is 2. The second-order valence-corrected chi connectivity index (χ2v) is 5.03. The third kappa shape index (κ3) is 3.84. The molecule has 24 heavy (non-hydrogen) atoms. The summed E-state index contributed by atoms with van der Waals surface area (Å²) in [5.41, 5.74) is 3.25. The van der Waals surface area contributed by atoms with Crippen molar-refractivity contribution < 1.29 is 4.79 Å². The van der Waals surface area contributed by atoms with Gasteiger partial charge in [-0.15, -0.1) is 0 Å². The Bertz CT molecular complexity index is 862. The fourth-order valence-electron chi connectivity index (χ4n) is 2.18. The van der Waals surface area contributed by atoms with Gasteiger partial charge in [0.05, 0.1) is 5.69 Å². The van der Waals surface area contributed by atoms with Crippen LogP contribution in [0.5, 0.6) is 0 Å². The van der Waals surface area contributed by atoms with Gasteiger partial charge < -0.3 is 10.6 Å². The molecule has 118 valence electrons. The molecule has 1 aromatic heterocycles. The lowest BCUT2D eigenvalue weighted by molar-refractivity contribution is -0.111. The zero-order valence-corrected chi connectivity index (χ0v) is 12.9. The van der Waals surface area contributed by atoms with Crippen LogP contribution in [-0.4, -0.2) is 15.9 Å². The molecule has 5 heteroatoms. The summed E-state index contributed by atoms with van der Waals surface area (Å²) >= 11 is 0. The van der Waals surface area contributed by atoms with Crippen molar-refractivity contribution in [2.45, 2.75) is 0 Å². The summed E-state index contributed by atoms with van der Waals surface area (Å²) < 4.78 is 0. The summed E-state index contributed by atoms with van der Waals surface area (Å²) in [5, 5.41) is 5.90. The van der Waals surface area contributed by atoms with Gasteiger partial charge in [0.15, 0.2) is 0 Å². The SMILES string of the molecule is C=CC(=O)Nc1cccc(-c2ccnc(Nc3ccccc3)n2)c1. The quantitative estimate of drug-likeness (QED) is 0.698. The Balaban J connectivity index is 1.85. The smallest absolute Gasteiger partial charge is 0.247 e. The van der Waals surface area contributed by atoms with Gasteiger partial charge in [-0.3, -0.25) is 4.79 Å². The minimum atomic E-state index is -0.249. The van der Waals surface area contributed by atoms with E-state index in [2.05, 4.69) is 27.2 Å². The second-order valence-electron chi connectivity index (χ2n) is 5.03. The average molecular weight is 316 g/mol. The van der Waals surface area contributed by atoms with Crippen LogP contribution in [0.2, 0.25) is 0 Å². The Morgan fingerprint density at radius 3 is 2.58 bits per heavy atom. The summed E-state index contributed by atoms with van der Waals surface area (Å²) in [6, 6.07) is 19.0. The van der Waals surface area contributed by atoms with E-state index in [0.29, 0.717) is 11.6 Å². The van der Waals surface area contributed by atoms with E-state index in [1.165, 1.54) is 6.08 Å². The molecule has 1 heterocycles. The number of anilines is 3. The van der Waals surface area contributed by atoms with Crippen molar-refractivity contribution in [3.05, 3.63) is 79.5 Å². The van der Waals surface area contributed by atoms with E-state index in [0.717, 1.165) is 16.9 Å². The molecule has 2 aromatic carbocycles. The van der Waals surface area contributed by atoms with Crippen molar-refractivity contribution in [2.24, 2.45) is 0 Å². The molecule has 0 bridgehead atoms. The largest absolute Gasteiger partial charge is 0.324 e. The first kappa shape index (κ1) is 15.4. The highest BCUT2D eigenvalue weighted by molar-refractivity contribution is 5.99. The average Bonchev–Trinajstić information content (AvgIpc) is 2.63. The molecule has 0 spiro atoms. The number of carbonyl (C=O) groups is 1. The van der Waals surface area contributed by atoms with Gasteiger partial charge in [-0.1, -0.05) is 36.9 Å². The first-order valence-corrected chi connectivity index (χ1v) is 7.43. The standard InChI is InChI=1S/C19H16N4O/c1-2-18(24)21-16-10-6-7-14(13-16)17-11-12-20-19(23-17)22-15-8-4-3-5-9-15/h2-13H,1H2,(H,21,24)(H,20,22,23). The van der Waals surface area contributed by atoms with Gasteiger partial charge in [-0.05, 0) is 36.4 Å². The molecule has 0 aliphatic rings. The summed E-state index contributed by atoms with van der Waals surface area (Å²) in [5.74, 6) is 0.264. The minimum absolute atomic E-state index is 0.249. The van der Waals surface area contributed by atoms with E-state index in [1.54, 1.807) is 6.20 Å². The molecule has 3 rings (SSSR count). The number of nitrogens with one attached hydrogen (secondary N) is 2. The number of nitrogens with zero attached hydrogens (tertiary/aromatic N) is 2. The predicted octanol–water partition coefficient (Wildman–Crippen LogP) is 4.01. The van der Waals surface area contributed by atoms with Crippen molar-refractivity contribution in [3.8, 4) is 11.3 Å². The molecule has 0 saturated carbocycles. The van der Waals surface area contributed by atoms with Gasteiger partial charge in [0.25, 0.3) is 0 Å². The van der Waals surface area contributed by atoms with Crippen LogP contribution in [-0.2, 0) is 4.79 Å². The van der Waals surface area contributed by atoms with Crippen LogP contribution in [0.4, 0.5) is 17.3 Å². The molecular formula is C19H16N4O. The van der Waals surface area contributed by atoms with E-state index >= 15 is 0 Å².